The van der Waals surface area contributed by atoms with Gasteiger partial charge in [0.15, 0.2) is 0 Å². The van der Waals surface area contributed by atoms with Crippen LogP contribution in [0.2, 0.25) is 0 Å². The molecular weight excluding hydrogens is 276 g/mol. The molecule has 0 bridgehead atoms. The van der Waals surface area contributed by atoms with Gasteiger partial charge in [0.05, 0.1) is 11.3 Å². The molecule has 0 saturated carbocycles. The van der Waals surface area contributed by atoms with E-state index in [4.69, 9.17) is 5.11 Å². The van der Waals surface area contributed by atoms with E-state index < -0.39 is 5.97 Å². The molecule has 0 atom stereocenters. The summed E-state index contributed by atoms with van der Waals surface area (Å²) in [5.41, 5.74) is 2.53. The van der Waals surface area contributed by atoms with Gasteiger partial charge in [-0.15, -0.1) is 5.11 Å². The summed E-state index contributed by atoms with van der Waals surface area (Å²) in [6, 6.07) is 14.5. The van der Waals surface area contributed by atoms with Gasteiger partial charge in [0.1, 0.15) is 5.69 Å². The third-order valence-corrected chi connectivity index (χ3v) is 3.76. The predicted octanol–water partition coefficient (Wildman–Crippen LogP) is 5.70. The molecule has 0 aliphatic carbocycles. The van der Waals surface area contributed by atoms with Crippen molar-refractivity contribution in [2.45, 2.75) is 32.6 Å². The van der Waals surface area contributed by atoms with Crippen molar-refractivity contribution >= 4 is 17.3 Å². The Kier molecular flexibility index (Phi) is 5.42. The summed E-state index contributed by atoms with van der Waals surface area (Å²) in [5.74, 6) is -0.433. The van der Waals surface area contributed by atoms with Crippen molar-refractivity contribution in [3.8, 4) is 0 Å². The molecule has 0 saturated heterocycles. The molecule has 22 heavy (non-hydrogen) atoms. The first-order valence-electron chi connectivity index (χ1n) is 7.49. The van der Waals surface area contributed by atoms with Crippen LogP contribution < -0.4 is 0 Å². The van der Waals surface area contributed by atoms with Gasteiger partial charge in [0, 0.05) is 0 Å². The van der Waals surface area contributed by atoms with Crippen LogP contribution >= 0.6 is 0 Å². The number of azo groups is 1. The number of carboxylic acid groups (broad SMARTS) is 1. The largest absolute Gasteiger partial charge is 0.478 e. The number of hydrogen-bond acceptors (Lipinski definition) is 3. The van der Waals surface area contributed by atoms with Crippen LogP contribution in [-0.4, -0.2) is 11.1 Å². The lowest BCUT2D eigenvalue weighted by Gasteiger charge is -2.12. The Bertz CT molecular complexity index is 659. The molecule has 0 aliphatic rings. The van der Waals surface area contributed by atoms with Crippen molar-refractivity contribution in [3.63, 3.8) is 0 Å². The van der Waals surface area contributed by atoms with Crippen molar-refractivity contribution in [1.29, 1.82) is 0 Å². The topological polar surface area (TPSA) is 62.0 Å². The van der Waals surface area contributed by atoms with E-state index in [1.54, 1.807) is 18.2 Å². The molecule has 4 heteroatoms. The standard InChI is InChI=1S/C18H20N2O2/c1-3-13(4-2)14-9-11-15(12-10-14)19-20-17-8-6-5-7-16(17)18(21)22/h5-13H,3-4H2,1-2H3,(H,21,22)/b20-19+. The van der Waals surface area contributed by atoms with Gasteiger partial charge in [0.25, 0.3) is 0 Å². The summed E-state index contributed by atoms with van der Waals surface area (Å²) < 4.78 is 0. The maximum atomic E-state index is 11.1. The number of carbonyl (C=O) groups is 1. The number of carboxylic acids is 1. The highest BCUT2D eigenvalue weighted by atomic mass is 16.4. The zero-order valence-electron chi connectivity index (χ0n) is 12.9. The van der Waals surface area contributed by atoms with Gasteiger partial charge in [-0.3, -0.25) is 0 Å². The van der Waals surface area contributed by atoms with E-state index in [9.17, 15) is 4.79 Å². The van der Waals surface area contributed by atoms with Crippen LogP contribution in [0, 0.1) is 0 Å². The number of aromatic carboxylic acids is 1. The molecule has 0 aliphatic heterocycles. The summed E-state index contributed by atoms with van der Waals surface area (Å²) in [4.78, 5) is 11.1. The monoisotopic (exact) mass is 296 g/mol. The molecule has 2 rings (SSSR count). The normalized spacial score (nSPS) is 11.2. The minimum absolute atomic E-state index is 0.153. The van der Waals surface area contributed by atoms with E-state index in [-0.39, 0.29) is 5.56 Å². The van der Waals surface area contributed by atoms with E-state index in [0.29, 0.717) is 11.6 Å². The first-order chi connectivity index (χ1) is 10.7. The number of hydrogen-bond donors (Lipinski definition) is 1. The predicted molar refractivity (Wildman–Crippen MR) is 87.3 cm³/mol. The molecule has 0 aromatic heterocycles. The quantitative estimate of drug-likeness (QED) is 0.694. The van der Waals surface area contributed by atoms with Crippen LogP contribution in [0.5, 0.6) is 0 Å². The van der Waals surface area contributed by atoms with E-state index in [0.717, 1.165) is 18.5 Å². The van der Waals surface area contributed by atoms with Gasteiger partial charge in [-0.05, 0) is 48.6 Å². The fourth-order valence-corrected chi connectivity index (χ4v) is 2.43. The third-order valence-electron chi connectivity index (χ3n) is 3.76. The minimum Gasteiger partial charge on any atom is -0.478 e. The molecule has 114 valence electrons. The second-order valence-electron chi connectivity index (χ2n) is 5.13. The molecular formula is C18H20N2O2. The Hall–Kier alpha value is -2.49. The first-order valence-corrected chi connectivity index (χ1v) is 7.49. The lowest BCUT2D eigenvalue weighted by Crippen LogP contribution is -1.95. The smallest absolute Gasteiger partial charge is 0.337 e. The van der Waals surface area contributed by atoms with Crippen molar-refractivity contribution < 1.29 is 9.90 Å². The van der Waals surface area contributed by atoms with Crippen LogP contribution in [0.3, 0.4) is 0 Å². The lowest BCUT2D eigenvalue weighted by atomic mass is 9.94. The van der Waals surface area contributed by atoms with Crippen molar-refractivity contribution in [2.75, 3.05) is 0 Å². The summed E-state index contributed by atoms with van der Waals surface area (Å²) in [6.45, 7) is 4.37. The van der Waals surface area contributed by atoms with Crippen molar-refractivity contribution in [1.82, 2.24) is 0 Å². The molecule has 4 nitrogen and oxygen atoms in total. The fraction of sp³-hybridized carbons (Fsp3) is 0.278. The average Bonchev–Trinajstić information content (AvgIpc) is 2.55. The zero-order chi connectivity index (χ0) is 15.9. The zero-order valence-corrected chi connectivity index (χ0v) is 12.9. The molecule has 0 unspecified atom stereocenters. The lowest BCUT2D eigenvalue weighted by molar-refractivity contribution is 0.0698. The Balaban J connectivity index is 2.19. The minimum atomic E-state index is -1.00. The molecule has 1 N–H and O–H groups in total. The second-order valence-corrected chi connectivity index (χ2v) is 5.13. The maximum Gasteiger partial charge on any atom is 0.337 e. The van der Waals surface area contributed by atoms with Gasteiger partial charge >= 0.3 is 5.97 Å². The van der Waals surface area contributed by atoms with Crippen LogP contribution in [-0.2, 0) is 0 Å². The molecule has 2 aromatic carbocycles. The highest BCUT2D eigenvalue weighted by Gasteiger charge is 2.08. The summed E-state index contributed by atoms with van der Waals surface area (Å²) in [5, 5.41) is 17.3. The van der Waals surface area contributed by atoms with E-state index in [2.05, 4.69) is 36.2 Å². The Morgan fingerprint density at radius 2 is 1.64 bits per heavy atom. The molecule has 0 heterocycles. The maximum absolute atomic E-state index is 11.1. The van der Waals surface area contributed by atoms with E-state index >= 15 is 0 Å². The third kappa shape index (κ3) is 3.79. The highest BCUT2D eigenvalue weighted by molar-refractivity contribution is 5.93. The number of rotatable bonds is 6. The SMILES string of the molecule is CCC(CC)c1ccc(/N=N/c2ccccc2C(=O)O)cc1. The Morgan fingerprint density at radius 1 is 1.00 bits per heavy atom. The van der Waals surface area contributed by atoms with Crippen LogP contribution in [0.15, 0.2) is 58.8 Å². The van der Waals surface area contributed by atoms with Crippen LogP contribution in [0.1, 0.15) is 48.5 Å². The summed E-state index contributed by atoms with van der Waals surface area (Å²) in [7, 11) is 0. The van der Waals surface area contributed by atoms with Crippen LogP contribution in [0.4, 0.5) is 11.4 Å². The highest BCUT2D eigenvalue weighted by Crippen LogP contribution is 2.26. The number of benzene rings is 2. The van der Waals surface area contributed by atoms with Gasteiger partial charge in [-0.2, -0.15) is 5.11 Å². The van der Waals surface area contributed by atoms with Crippen molar-refractivity contribution in [3.05, 3.63) is 59.7 Å². The first kappa shape index (κ1) is 15.9. The average molecular weight is 296 g/mol. The van der Waals surface area contributed by atoms with Gasteiger partial charge in [-0.1, -0.05) is 38.1 Å². The molecule has 2 aromatic rings. The van der Waals surface area contributed by atoms with Gasteiger partial charge in [0.2, 0.25) is 0 Å². The molecule has 0 fully saturated rings. The Labute approximate surface area is 130 Å². The fourth-order valence-electron chi connectivity index (χ4n) is 2.43. The molecule has 0 radical (unpaired) electrons. The van der Waals surface area contributed by atoms with Gasteiger partial charge < -0.3 is 5.11 Å². The van der Waals surface area contributed by atoms with Crippen molar-refractivity contribution in [2.24, 2.45) is 10.2 Å². The summed E-state index contributed by atoms with van der Waals surface area (Å²) >= 11 is 0. The van der Waals surface area contributed by atoms with E-state index in [1.807, 2.05) is 12.1 Å². The van der Waals surface area contributed by atoms with Gasteiger partial charge in [-0.25, -0.2) is 4.79 Å². The van der Waals surface area contributed by atoms with E-state index in [1.165, 1.54) is 11.6 Å². The number of nitrogens with zero attached hydrogens (tertiary/aromatic N) is 2. The molecule has 0 spiro atoms. The Morgan fingerprint density at radius 3 is 2.23 bits per heavy atom. The van der Waals surface area contributed by atoms with Crippen LogP contribution in [0.25, 0.3) is 0 Å². The summed E-state index contributed by atoms with van der Waals surface area (Å²) in [6.07, 6.45) is 2.23. The molecule has 0 amide bonds. The second kappa shape index (κ2) is 7.50.